The van der Waals surface area contributed by atoms with E-state index in [2.05, 4.69) is 20.8 Å². The average molecular weight is 369 g/mol. The minimum Gasteiger partial charge on any atom is -0.353 e. The summed E-state index contributed by atoms with van der Waals surface area (Å²) in [5.41, 5.74) is 6.87. The number of nitrogens with zero attached hydrogens (tertiary/aromatic N) is 4. The second-order valence-electron chi connectivity index (χ2n) is 6.26. The van der Waals surface area contributed by atoms with Crippen LogP contribution in [0.25, 0.3) is 0 Å². The molecule has 1 aliphatic carbocycles. The first-order valence-corrected chi connectivity index (χ1v) is 8.07. The second kappa shape index (κ2) is 8.35. The van der Waals surface area contributed by atoms with E-state index in [1.54, 1.807) is 19.1 Å². The molecule has 2 aromatic rings. The van der Waals surface area contributed by atoms with E-state index in [0.29, 0.717) is 24.7 Å². The number of nitrogens with two attached hydrogens (primary N) is 1. The average Bonchev–Trinajstić information content (AvgIpc) is 3.34. The number of carbonyl (C=O) groups is 1. The van der Waals surface area contributed by atoms with Crippen LogP contribution in [0, 0.1) is 18.7 Å². The number of tetrazole rings is 1. The Bertz CT molecular complexity index is 703. The van der Waals surface area contributed by atoms with Gasteiger partial charge in [-0.25, -0.2) is 9.07 Å². The first-order chi connectivity index (χ1) is 11.5. The van der Waals surface area contributed by atoms with Crippen LogP contribution in [0.3, 0.4) is 0 Å². The molecule has 1 aromatic carbocycles. The number of amides is 1. The molecule has 1 aliphatic rings. The van der Waals surface area contributed by atoms with Crippen molar-refractivity contribution in [3.05, 3.63) is 41.5 Å². The third-order valence-electron chi connectivity index (χ3n) is 4.34. The zero-order valence-electron chi connectivity index (χ0n) is 13.9. The molecule has 1 aromatic heterocycles. The van der Waals surface area contributed by atoms with Gasteiger partial charge in [0.05, 0.1) is 0 Å². The van der Waals surface area contributed by atoms with Crippen LogP contribution in [0.1, 0.15) is 30.3 Å². The molecule has 0 spiro atoms. The summed E-state index contributed by atoms with van der Waals surface area (Å²) in [5, 5.41) is 14.3. The van der Waals surface area contributed by atoms with Crippen LogP contribution in [0.4, 0.5) is 4.39 Å². The van der Waals surface area contributed by atoms with Crippen LogP contribution in [0.15, 0.2) is 24.3 Å². The van der Waals surface area contributed by atoms with E-state index in [1.165, 1.54) is 16.8 Å². The van der Waals surface area contributed by atoms with E-state index in [1.807, 2.05) is 0 Å². The van der Waals surface area contributed by atoms with Gasteiger partial charge in [-0.05, 0) is 53.8 Å². The van der Waals surface area contributed by atoms with Gasteiger partial charge in [-0.2, -0.15) is 0 Å². The van der Waals surface area contributed by atoms with Crippen molar-refractivity contribution in [2.24, 2.45) is 11.7 Å². The lowest BCUT2D eigenvalue weighted by atomic mass is 10.0. The van der Waals surface area contributed by atoms with Gasteiger partial charge in [-0.15, -0.1) is 17.5 Å². The van der Waals surface area contributed by atoms with E-state index in [9.17, 15) is 9.18 Å². The van der Waals surface area contributed by atoms with E-state index >= 15 is 0 Å². The third kappa shape index (κ3) is 4.96. The number of aryl methyl sites for hydroxylation is 1. The van der Waals surface area contributed by atoms with Crippen molar-refractivity contribution in [2.45, 2.75) is 38.3 Å². The Kier molecular flexibility index (Phi) is 6.44. The largest absolute Gasteiger partial charge is 0.353 e. The molecule has 9 heteroatoms. The van der Waals surface area contributed by atoms with Crippen molar-refractivity contribution in [3.63, 3.8) is 0 Å². The molecule has 136 valence electrons. The highest BCUT2D eigenvalue weighted by atomic mass is 35.5. The number of hydrogen-bond acceptors (Lipinski definition) is 5. The van der Waals surface area contributed by atoms with E-state index in [-0.39, 0.29) is 30.2 Å². The van der Waals surface area contributed by atoms with Crippen LogP contribution in [0.5, 0.6) is 0 Å². The zero-order valence-corrected chi connectivity index (χ0v) is 14.7. The van der Waals surface area contributed by atoms with Crippen molar-refractivity contribution >= 4 is 18.3 Å². The number of halogens is 2. The Morgan fingerprint density at radius 3 is 2.64 bits per heavy atom. The maximum atomic E-state index is 13.1. The van der Waals surface area contributed by atoms with Gasteiger partial charge < -0.3 is 11.1 Å². The molecule has 1 saturated carbocycles. The molecule has 3 N–H and O–H groups in total. The Morgan fingerprint density at radius 2 is 2.08 bits per heavy atom. The van der Waals surface area contributed by atoms with Crippen LogP contribution < -0.4 is 11.1 Å². The van der Waals surface area contributed by atoms with Crippen molar-refractivity contribution in [1.29, 1.82) is 0 Å². The molecule has 25 heavy (non-hydrogen) atoms. The summed E-state index contributed by atoms with van der Waals surface area (Å²) in [5.74, 6) is 0.555. The number of carbonyl (C=O) groups excluding carboxylic acids is 1. The highest BCUT2D eigenvalue weighted by Gasteiger charge is 2.30. The maximum absolute atomic E-state index is 13.1. The molecule has 3 rings (SSSR count). The molecular weight excluding hydrogens is 347 g/mol. The number of hydrogen-bond donors (Lipinski definition) is 2. The molecule has 0 bridgehead atoms. The fourth-order valence-corrected chi connectivity index (χ4v) is 2.69. The van der Waals surface area contributed by atoms with Crippen molar-refractivity contribution in [3.8, 4) is 0 Å². The molecule has 1 heterocycles. The van der Waals surface area contributed by atoms with Crippen LogP contribution in [-0.2, 0) is 11.2 Å². The fraction of sp³-hybridized carbons (Fsp3) is 0.500. The molecule has 2 atom stereocenters. The molecule has 1 fully saturated rings. The summed E-state index contributed by atoms with van der Waals surface area (Å²) < 4.78 is 14.6. The van der Waals surface area contributed by atoms with Crippen molar-refractivity contribution in [1.82, 2.24) is 25.5 Å². The van der Waals surface area contributed by atoms with E-state index < -0.39 is 6.04 Å². The van der Waals surface area contributed by atoms with Gasteiger partial charge in [-0.1, -0.05) is 12.1 Å². The highest BCUT2D eigenvalue weighted by molar-refractivity contribution is 5.85. The summed E-state index contributed by atoms with van der Waals surface area (Å²) in [6.07, 6.45) is 2.63. The minimum atomic E-state index is -0.600. The molecule has 2 unspecified atom stereocenters. The predicted molar refractivity (Wildman–Crippen MR) is 92.7 cm³/mol. The van der Waals surface area contributed by atoms with Crippen LogP contribution in [-0.4, -0.2) is 38.7 Å². The summed E-state index contributed by atoms with van der Waals surface area (Å²) >= 11 is 0. The normalized spacial score (nSPS) is 16.0. The maximum Gasteiger partial charge on any atom is 0.245 e. The Balaban J connectivity index is 0.00000225. The topological polar surface area (TPSA) is 98.7 Å². The van der Waals surface area contributed by atoms with Crippen molar-refractivity contribution < 1.29 is 9.18 Å². The predicted octanol–water partition coefficient (Wildman–Crippen LogP) is 1.18. The number of nitrogens with one attached hydrogen (secondary N) is 1. The monoisotopic (exact) mass is 368 g/mol. The first kappa shape index (κ1) is 19.3. The first-order valence-electron chi connectivity index (χ1n) is 8.07. The smallest absolute Gasteiger partial charge is 0.245 e. The van der Waals surface area contributed by atoms with Gasteiger partial charge in [0.1, 0.15) is 17.7 Å². The van der Waals surface area contributed by atoms with Gasteiger partial charge in [-0.3, -0.25) is 4.79 Å². The van der Waals surface area contributed by atoms with E-state index in [4.69, 9.17) is 5.73 Å². The summed E-state index contributed by atoms with van der Waals surface area (Å²) in [4.78, 5) is 12.7. The van der Waals surface area contributed by atoms with Crippen LogP contribution >= 0.6 is 12.4 Å². The minimum absolute atomic E-state index is 0. The van der Waals surface area contributed by atoms with Gasteiger partial charge >= 0.3 is 0 Å². The van der Waals surface area contributed by atoms with Gasteiger partial charge in [0.15, 0.2) is 0 Å². The molecule has 0 radical (unpaired) electrons. The Morgan fingerprint density at radius 1 is 1.40 bits per heavy atom. The summed E-state index contributed by atoms with van der Waals surface area (Å²) in [7, 11) is 0. The lowest BCUT2D eigenvalue weighted by Gasteiger charge is -2.19. The lowest BCUT2D eigenvalue weighted by molar-refractivity contribution is -0.124. The van der Waals surface area contributed by atoms with Gasteiger partial charge in [0, 0.05) is 19.0 Å². The highest BCUT2D eigenvalue weighted by Crippen LogP contribution is 2.31. The quantitative estimate of drug-likeness (QED) is 0.764. The lowest BCUT2D eigenvalue weighted by Crippen LogP contribution is -2.42. The SMILES string of the molecule is Cc1nnnn1C(Cc1ccc(F)cc1)C(=O)NCC(N)C1CC1.Cl. The number of benzene rings is 1. The Hall–Kier alpha value is -2.06. The zero-order chi connectivity index (χ0) is 17.1. The molecule has 7 nitrogen and oxygen atoms in total. The number of aromatic nitrogens is 4. The fourth-order valence-electron chi connectivity index (χ4n) is 2.69. The Labute approximate surface area is 151 Å². The van der Waals surface area contributed by atoms with E-state index in [0.717, 1.165) is 18.4 Å². The molecule has 0 saturated heterocycles. The third-order valence-corrected chi connectivity index (χ3v) is 4.34. The van der Waals surface area contributed by atoms with Crippen molar-refractivity contribution in [2.75, 3.05) is 6.54 Å². The summed E-state index contributed by atoms with van der Waals surface area (Å²) in [6, 6.07) is 5.45. The molecule has 0 aliphatic heterocycles. The molecule has 1 amide bonds. The van der Waals surface area contributed by atoms with Gasteiger partial charge in [0.2, 0.25) is 5.91 Å². The molecular formula is C16H22ClFN6O. The second-order valence-corrected chi connectivity index (χ2v) is 6.26. The van der Waals surface area contributed by atoms with Crippen LogP contribution in [0.2, 0.25) is 0 Å². The van der Waals surface area contributed by atoms with Gasteiger partial charge in [0.25, 0.3) is 0 Å². The standard InChI is InChI=1S/C16H21FN6O.ClH/c1-10-20-21-22-23(10)15(8-11-2-6-13(17)7-3-11)16(24)19-9-14(18)12-4-5-12;/h2-3,6-7,12,14-15H,4-5,8-9,18H2,1H3,(H,19,24);1H. The number of rotatable bonds is 7. The summed E-state index contributed by atoms with van der Waals surface area (Å²) in [6.45, 7) is 2.17.